The zero-order valence-electron chi connectivity index (χ0n) is 23.0. The topological polar surface area (TPSA) is 113 Å². The first-order valence-corrected chi connectivity index (χ1v) is 13.9. The van der Waals surface area contributed by atoms with Crippen LogP contribution in [0.2, 0.25) is 0 Å². The molecule has 214 valence electrons. The van der Waals surface area contributed by atoms with E-state index < -0.39 is 12.3 Å². The average Bonchev–Trinajstić information content (AvgIpc) is 3.40. The molecule has 2 aromatic carbocycles. The lowest BCUT2D eigenvalue weighted by atomic mass is 9.90. The second-order valence-electron chi connectivity index (χ2n) is 10.9. The average molecular weight is 552 g/mol. The van der Waals surface area contributed by atoms with E-state index in [0.717, 1.165) is 22.2 Å². The molecule has 0 saturated carbocycles. The van der Waals surface area contributed by atoms with Crippen LogP contribution in [0.4, 0.5) is 10.1 Å². The Morgan fingerprint density at radius 2 is 1.88 bits per heavy atom. The molecule has 2 saturated heterocycles. The molecular formula is C30H38FN5O4. The van der Waals surface area contributed by atoms with Crippen molar-refractivity contribution in [3.63, 3.8) is 0 Å². The molecule has 2 aliphatic rings. The van der Waals surface area contributed by atoms with Crippen LogP contribution in [0.1, 0.15) is 31.2 Å². The lowest BCUT2D eigenvalue weighted by molar-refractivity contribution is -0.193. The van der Waals surface area contributed by atoms with E-state index in [1.54, 1.807) is 18.0 Å². The van der Waals surface area contributed by atoms with Crippen molar-refractivity contribution in [1.29, 1.82) is 0 Å². The number of carbonyl (C=O) groups excluding carboxylic acids is 2. The molecule has 2 unspecified atom stereocenters. The predicted octanol–water partition coefficient (Wildman–Crippen LogP) is 2.97. The van der Waals surface area contributed by atoms with Crippen molar-refractivity contribution in [1.82, 2.24) is 15.2 Å². The first-order chi connectivity index (χ1) is 19.3. The molecule has 0 spiro atoms. The molecule has 2 amide bonds. The van der Waals surface area contributed by atoms with Crippen molar-refractivity contribution in [3.05, 3.63) is 66.1 Å². The van der Waals surface area contributed by atoms with Crippen molar-refractivity contribution in [2.24, 2.45) is 11.7 Å². The molecule has 0 radical (unpaired) electrons. The van der Waals surface area contributed by atoms with Gasteiger partial charge < -0.3 is 35.3 Å². The summed E-state index contributed by atoms with van der Waals surface area (Å²) in [5, 5.41) is 4.12. The minimum Gasteiger partial charge on any atom is -0.371 e. The number of fused-ring (bicyclic) bond motifs is 1. The van der Waals surface area contributed by atoms with E-state index >= 15 is 0 Å². The van der Waals surface area contributed by atoms with Crippen LogP contribution in [0.15, 0.2) is 54.7 Å². The number of halogens is 1. The minimum absolute atomic E-state index is 0.145. The summed E-state index contributed by atoms with van der Waals surface area (Å²) in [6, 6.07) is 13.5. The molecule has 1 aromatic heterocycles. The summed E-state index contributed by atoms with van der Waals surface area (Å²) in [5.74, 6) is -1.18. The number of carbonyl (C=O) groups is 2. The van der Waals surface area contributed by atoms with Crippen molar-refractivity contribution < 1.29 is 23.5 Å². The van der Waals surface area contributed by atoms with Gasteiger partial charge in [0.1, 0.15) is 11.9 Å². The van der Waals surface area contributed by atoms with Crippen LogP contribution in [-0.2, 0) is 19.1 Å². The Morgan fingerprint density at radius 1 is 1.15 bits per heavy atom. The SMILES string of the molecule is CC(c1c[nH]c2ccccc12)C(NC(=O)C1CCN(c2cccc(F)c2)CC1)C(=O)N(C)CC1OCC(N)CO1. The maximum absolute atomic E-state index is 13.9. The molecule has 0 aliphatic carbocycles. The molecule has 4 N–H and O–H groups in total. The molecule has 2 fully saturated rings. The smallest absolute Gasteiger partial charge is 0.245 e. The highest BCUT2D eigenvalue weighted by Gasteiger charge is 2.35. The number of nitrogens with two attached hydrogens (primary N) is 1. The van der Waals surface area contributed by atoms with Crippen molar-refractivity contribution in [2.75, 3.05) is 44.8 Å². The Hall–Kier alpha value is -3.47. The molecule has 3 heterocycles. The highest BCUT2D eigenvalue weighted by Crippen LogP contribution is 2.30. The quantitative estimate of drug-likeness (QED) is 0.397. The maximum Gasteiger partial charge on any atom is 0.245 e. The van der Waals surface area contributed by atoms with E-state index in [9.17, 15) is 14.0 Å². The number of ether oxygens (including phenoxy) is 2. The Balaban J connectivity index is 1.30. The molecule has 2 aliphatic heterocycles. The van der Waals surface area contributed by atoms with Crippen molar-refractivity contribution >= 4 is 28.4 Å². The molecule has 40 heavy (non-hydrogen) atoms. The maximum atomic E-state index is 13.9. The van der Waals surface area contributed by atoms with Crippen LogP contribution in [0, 0.1) is 11.7 Å². The lowest BCUT2D eigenvalue weighted by Crippen LogP contribution is -2.54. The number of hydrogen-bond donors (Lipinski definition) is 3. The Morgan fingerprint density at radius 3 is 2.60 bits per heavy atom. The van der Waals surface area contributed by atoms with Gasteiger partial charge in [0.2, 0.25) is 11.8 Å². The van der Waals surface area contributed by atoms with Crippen LogP contribution in [0.25, 0.3) is 10.9 Å². The van der Waals surface area contributed by atoms with Gasteiger partial charge in [-0.25, -0.2) is 4.39 Å². The van der Waals surface area contributed by atoms with Gasteiger partial charge in [-0.1, -0.05) is 31.2 Å². The number of amides is 2. The summed E-state index contributed by atoms with van der Waals surface area (Å²) in [6.45, 7) is 4.20. The summed E-state index contributed by atoms with van der Waals surface area (Å²) in [6.07, 6.45) is 2.57. The van der Waals surface area contributed by atoms with Crippen LogP contribution >= 0.6 is 0 Å². The number of para-hydroxylation sites is 1. The van der Waals surface area contributed by atoms with E-state index in [2.05, 4.69) is 15.2 Å². The standard InChI is InChI=1S/C30H38FN5O4/c1-19(25-15-33-26-9-4-3-8-24(25)26)28(30(38)35(2)16-27-39-17-22(32)18-40-27)34-29(37)20-10-12-36(13-11-20)23-7-5-6-21(31)14-23/h3-9,14-15,19-20,22,27-28,33H,10-13,16-18,32H2,1-2H3,(H,34,37). The summed E-state index contributed by atoms with van der Waals surface area (Å²) in [5.41, 5.74) is 8.59. The molecule has 9 nitrogen and oxygen atoms in total. The van der Waals surface area contributed by atoms with E-state index in [0.29, 0.717) is 39.1 Å². The Labute approximate surface area is 233 Å². The molecular weight excluding hydrogens is 513 g/mol. The number of aromatic amines is 1. The second-order valence-corrected chi connectivity index (χ2v) is 10.9. The van der Waals surface area contributed by atoms with Gasteiger partial charge in [-0.2, -0.15) is 0 Å². The van der Waals surface area contributed by atoms with Gasteiger partial charge in [-0.3, -0.25) is 9.59 Å². The number of hydrogen-bond acceptors (Lipinski definition) is 6. The van der Waals surface area contributed by atoms with E-state index in [-0.39, 0.29) is 42.1 Å². The van der Waals surface area contributed by atoms with E-state index in [4.69, 9.17) is 15.2 Å². The van der Waals surface area contributed by atoms with Gasteiger partial charge in [0.25, 0.3) is 0 Å². The molecule has 2 atom stereocenters. The fourth-order valence-electron chi connectivity index (χ4n) is 5.61. The predicted molar refractivity (Wildman–Crippen MR) is 151 cm³/mol. The number of nitrogens with zero attached hydrogens (tertiary/aromatic N) is 2. The normalized spacial score (nSPS) is 21.6. The number of H-pyrrole nitrogens is 1. The molecule has 0 bridgehead atoms. The first-order valence-electron chi connectivity index (χ1n) is 13.9. The molecule has 5 rings (SSSR count). The molecule has 10 heteroatoms. The highest BCUT2D eigenvalue weighted by molar-refractivity contribution is 5.91. The third-order valence-corrected chi connectivity index (χ3v) is 8.01. The van der Waals surface area contributed by atoms with Crippen LogP contribution in [0.5, 0.6) is 0 Å². The number of rotatable bonds is 8. The highest BCUT2D eigenvalue weighted by atomic mass is 19.1. The van der Waals surface area contributed by atoms with Crippen molar-refractivity contribution in [3.8, 4) is 0 Å². The number of likely N-dealkylation sites (N-methyl/N-ethyl adjacent to an activating group) is 1. The van der Waals surface area contributed by atoms with Gasteiger partial charge in [0, 0.05) is 54.8 Å². The lowest BCUT2D eigenvalue weighted by Gasteiger charge is -2.35. The Bertz CT molecular complexity index is 1320. The van der Waals surface area contributed by atoms with Gasteiger partial charge >= 0.3 is 0 Å². The van der Waals surface area contributed by atoms with E-state index in [1.165, 1.54) is 12.1 Å². The zero-order chi connectivity index (χ0) is 28.2. The summed E-state index contributed by atoms with van der Waals surface area (Å²) in [4.78, 5) is 34.4. The van der Waals surface area contributed by atoms with Gasteiger partial charge in [0.15, 0.2) is 6.29 Å². The van der Waals surface area contributed by atoms with Crippen LogP contribution < -0.4 is 16.0 Å². The van der Waals surface area contributed by atoms with Gasteiger partial charge in [-0.15, -0.1) is 0 Å². The number of aromatic nitrogens is 1. The number of anilines is 1. The van der Waals surface area contributed by atoms with Crippen LogP contribution in [-0.4, -0.2) is 80.0 Å². The van der Waals surface area contributed by atoms with Gasteiger partial charge in [-0.05, 0) is 42.7 Å². The third kappa shape index (κ3) is 6.29. The minimum atomic E-state index is -0.788. The number of piperidine rings is 1. The van der Waals surface area contributed by atoms with Crippen LogP contribution in [0.3, 0.4) is 0 Å². The number of benzene rings is 2. The van der Waals surface area contributed by atoms with Crippen molar-refractivity contribution in [2.45, 2.75) is 44.1 Å². The monoisotopic (exact) mass is 551 g/mol. The number of nitrogens with one attached hydrogen (secondary N) is 2. The first kappa shape index (κ1) is 28.1. The van der Waals surface area contributed by atoms with Gasteiger partial charge in [0.05, 0.1) is 25.8 Å². The fraction of sp³-hybridized carbons (Fsp3) is 0.467. The summed E-state index contributed by atoms with van der Waals surface area (Å²) >= 11 is 0. The van der Waals surface area contributed by atoms with E-state index in [1.807, 2.05) is 43.5 Å². The summed E-state index contributed by atoms with van der Waals surface area (Å²) in [7, 11) is 1.70. The zero-order valence-corrected chi connectivity index (χ0v) is 23.0. The Kier molecular flexibility index (Phi) is 8.68. The summed E-state index contributed by atoms with van der Waals surface area (Å²) < 4.78 is 25.0. The third-order valence-electron chi connectivity index (χ3n) is 8.01. The largest absolute Gasteiger partial charge is 0.371 e. The molecule has 3 aromatic rings. The second kappa shape index (κ2) is 12.4. The fourth-order valence-corrected chi connectivity index (χ4v) is 5.61.